The van der Waals surface area contributed by atoms with E-state index in [9.17, 15) is 9.59 Å². The highest BCUT2D eigenvalue weighted by Crippen LogP contribution is 2.31. The molecule has 0 spiro atoms. The summed E-state index contributed by atoms with van der Waals surface area (Å²) >= 11 is 0. The van der Waals surface area contributed by atoms with Crippen molar-refractivity contribution in [2.75, 3.05) is 32.9 Å². The van der Waals surface area contributed by atoms with Gasteiger partial charge in [0.15, 0.2) is 12.0 Å². The summed E-state index contributed by atoms with van der Waals surface area (Å²) in [6.07, 6.45) is 1.67. The third kappa shape index (κ3) is 8.63. The minimum Gasteiger partial charge on any atom is -0.465 e. The summed E-state index contributed by atoms with van der Waals surface area (Å²) in [5.74, 6) is -0.774. The van der Waals surface area contributed by atoms with Gasteiger partial charge in [0, 0.05) is 31.3 Å². The highest BCUT2D eigenvalue weighted by molar-refractivity contribution is 5.93. The number of hydrogen-bond acceptors (Lipinski definition) is 7. The molecule has 0 aliphatic carbocycles. The van der Waals surface area contributed by atoms with Gasteiger partial charge in [-0.25, -0.2) is 0 Å². The summed E-state index contributed by atoms with van der Waals surface area (Å²) in [5.41, 5.74) is 6.88. The number of piperidine rings is 1. The van der Waals surface area contributed by atoms with Crippen LogP contribution in [-0.4, -0.2) is 59.5 Å². The maximum Gasteiger partial charge on any atom is 0.317 e. The molecule has 1 aromatic heterocycles. The highest BCUT2D eigenvalue weighted by Gasteiger charge is 2.28. The van der Waals surface area contributed by atoms with E-state index in [2.05, 4.69) is 39.6 Å². The van der Waals surface area contributed by atoms with Gasteiger partial charge < -0.3 is 19.5 Å². The molecule has 1 atom stereocenters. The van der Waals surface area contributed by atoms with Gasteiger partial charge in [0.05, 0.1) is 25.5 Å². The van der Waals surface area contributed by atoms with E-state index in [1.807, 2.05) is 92.0 Å². The van der Waals surface area contributed by atoms with Crippen LogP contribution in [0.1, 0.15) is 63.4 Å². The van der Waals surface area contributed by atoms with Gasteiger partial charge >= 0.3 is 5.97 Å². The summed E-state index contributed by atoms with van der Waals surface area (Å²) in [4.78, 5) is 29.5. The number of ether oxygens (including phenoxy) is 3. The lowest BCUT2D eigenvalue weighted by Gasteiger charge is -2.32. The first kappa shape index (κ1) is 34.4. The van der Waals surface area contributed by atoms with Crippen molar-refractivity contribution in [2.45, 2.75) is 38.1 Å². The van der Waals surface area contributed by atoms with Crippen LogP contribution >= 0.6 is 0 Å². The monoisotopic (exact) mass is 684 g/mol. The Labute approximate surface area is 299 Å². The van der Waals surface area contributed by atoms with Crippen molar-refractivity contribution in [3.63, 3.8) is 0 Å². The van der Waals surface area contributed by atoms with Crippen LogP contribution in [0.5, 0.6) is 0 Å². The Bertz CT molecular complexity index is 1900. The van der Waals surface area contributed by atoms with Crippen LogP contribution in [0.15, 0.2) is 115 Å². The molecule has 0 bridgehead atoms. The van der Waals surface area contributed by atoms with Crippen molar-refractivity contribution in [1.29, 1.82) is 0 Å². The predicted molar refractivity (Wildman–Crippen MR) is 195 cm³/mol. The van der Waals surface area contributed by atoms with Crippen molar-refractivity contribution in [3.8, 4) is 11.3 Å². The topological polar surface area (TPSA) is 94.9 Å². The normalized spacial score (nSPS) is 16.2. The number of rotatable bonds is 12. The molecule has 2 saturated heterocycles. The number of amides is 1. The summed E-state index contributed by atoms with van der Waals surface area (Å²) < 4.78 is 18.9. The van der Waals surface area contributed by atoms with Crippen LogP contribution in [0, 0.1) is 5.92 Å². The lowest BCUT2D eigenvalue weighted by atomic mass is 9.90. The van der Waals surface area contributed by atoms with E-state index >= 15 is 0 Å². The van der Waals surface area contributed by atoms with Crippen molar-refractivity contribution in [1.82, 2.24) is 20.0 Å². The molecule has 0 radical (unpaired) electrons. The fraction of sp³-hybridized carbons (Fsp3) is 0.310. The minimum absolute atomic E-state index is 0.258. The number of benzene rings is 4. The van der Waals surface area contributed by atoms with Gasteiger partial charge in [-0.3, -0.25) is 19.2 Å². The molecule has 7 rings (SSSR count). The summed E-state index contributed by atoms with van der Waals surface area (Å²) in [6.45, 7) is 4.89. The second-order valence-electron chi connectivity index (χ2n) is 13.3. The maximum absolute atomic E-state index is 13.9. The summed E-state index contributed by atoms with van der Waals surface area (Å²) in [5, 5.41) is 7.50. The van der Waals surface area contributed by atoms with E-state index in [1.165, 1.54) is 5.56 Å². The Morgan fingerprint density at radius 1 is 0.824 bits per heavy atom. The Balaban J connectivity index is 0.995. The van der Waals surface area contributed by atoms with Crippen LogP contribution in [0.2, 0.25) is 0 Å². The van der Waals surface area contributed by atoms with E-state index in [1.54, 1.807) is 10.7 Å². The van der Waals surface area contributed by atoms with Crippen LogP contribution in [0.4, 0.5) is 0 Å². The number of aryl methyl sites for hydroxylation is 1. The Hall–Kier alpha value is -5.09. The molecule has 51 heavy (non-hydrogen) atoms. The van der Waals surface area contributed by atoms with E-state index in [-0.39, 0.29) is 18.2 Å². The van der Waals surface area contributed by atoms with Gasteiger partial charge in [0.25, 0.3) is 5.91 Å². The molecule has 9 nitrogen and oxygen atoms in total. The van der Waals surface area contributed by atoms with Crippen LogP contribution in [0.3, 0.4) is 0 Å². The third-order valence-corrected chi connectivity index (χ3v) is 9.74. The number of nitrogens with one attached hydrogen (secondary N) is 1. The first-order chi connectivity index (χ1) is 25.0. The number of hydrogen-bond donors (Lipinski definition) is 1. The Morgan fingerprint density at radius 2 is 1.51 bits per heavy atom. The van der Waals surface area contributed by atoms with Crippen molar-refractivity contribution in [2.24, 2.45) is 13.0 Å². The average Bonchev–Trinajstić information content (AvgIpc) is 3.86. The fourth-order valence-corrected chi connectivity index (χ4v) is 6.89. The smallest absolute Gasteiger partial charge is 0.317 e. The molecule has 1 amide bonds. The standard InChI is InChI=1S/C42H44N4O5/c1-45-38(26-37(44-45)40(47)43-27-30-15-17-34(18-16-30)42-49-23-24-50-42)35-13-8-14-36(25-35)39(33-11-6-3-7-12-33)41(48)51-29-32-19-21-46(22-20-32)28-31-9-4-2-5-10-31/h2-18,25-26,32,39,42H,19-24,27-29H2,1H3,(H,43,47). The van der Waals surface area contributed by atoms with E-state index in [4.69, 9.17) is 14.2 Å². The van der Waals surface area contributed by atoms with Gasteiger partial charge in [0.2, 0.25) is 0 Å². The summed E-state index contributed by atoms with van der Waals surface area (Å²) in [6, 6.07) is 37.8. The molecule has 2 aliphatic rings. The molecule has 0 saturated carbocycles. The number of carbonyl (C=O) groups is 2. The zero-order chi connectivity index (χ0) is 35.0. The van der Waals surface area contributed by atoms with Gasteiger partial charge in [0.1, 0.15) is 5.92 Å². The zero-order valence-corrected chi connectivity index (χ0v) is 28.9. The molecule has 5 aromatic rings. The number of aromatic nitrogens is 2. The van der Waals surface area contributed by atoms with Crippen LogP contribution < -0.4 is 5.32 Å². The van der Waals surface area contributed by atoms with E-state index in [0.717, 1.165) is 66.0 Å². The zero-order valence-electron chi connectivity index (χ0n) is 28.9. The van der Waals surface area contributed by atoms with Gasteiger partial charge in [-0.2, -0.15) is 5.10 Å². The Kier molecular flexibility index (Phi) is 11.0. The van der Waals surface area contributed by atoms with Crippen molar-refractivity contribution in [3.05, 3.63) is 149 Å². The second kappa shape index (κ2) is 16.3. The summed E-state index contributed by atoms with van der Waals surface area (Å²) in [7, 11) is 1.82. The number of carbonyl (C=O) groups excluding carboxylic acids is 2. The molecule has 4 aromatic carbocycles. The quantitative estimate of drug-likeness (QED) is 0.147. The second-order valence-corrected chi connectivity index (χ2v) is 13.3. The molecular weight excluding hydrogens is 640 g/mol. The predicted octanol–water partition coefficient (Wildman–Crippen LogP) is 6.65. The number of likely N-dealkylation sites (tertiary alicyclic amines) is 1. The number of nitrogens with zero attached hydrogens (tertiary/aromatic N) is 3. The minimum atomic E-state index is -0.585. The maximum atomic E-state index is 13.9. The largest absolute Gasteiger partial charge is 0.465 e. The SMILES string of the molecule is Cn1nc(C(=O)NCc2ccc(C3OCCO3)cc2)cc1-c1cccc(C(C(=O)OCC2CCN(Cc3ccccc3)CC2)c2ccccc2)c1. The molecule has 2 aliphatic heterocycles. The van der Waals surface area contributed by atoms with Crippen LogP contribution in [0.25, 0.3) is 11.3 Å². The first-order valence-corrected chi connectivity index (χ1v) is 17.7. The molecule has 9 heteroatoms. The molecule has 262 valence electrons. The molecular formula is C42H44N4O5. The van der Waals surface area contributed by atoms with E-state index < -0.39 is 5.92 Å². The lowest BCUT2D eigenvalue weighted by Crippen LogP contribution is -2.35. The van der Waals surface area contributed by atoms with E-state index in [0.29, 0.717) is 38.0 Å². The fourth-order valence-electron chi connectivity index (χ4n) is 6.89. The third-order valence-electron chi connectivity index (χ3n) is 9.74. The molecule has 1 unspecified atom stereocenters. The first-order valence-electron chi connectivity index (χ1n) is 17.7. The molecule has 3 heterocycles. The lowest BCUT2D eigenvalue weighted by molar-refractivity contribution is -0.146. The highest BCUT2D eigenvalue weighted by atomic mass is 16.7. The van der Waals surface area contributed by atoms with Crippen molar-refractivity contribution >= 4 is 11.9 Å². The Morgan fingerprint density at radius 3 is 2.24 bits per heavy atom. The van der Waals surface area contributed by atoms with Gasteiger partial charge in [-0.1, -0.05) is 103 Å². The average molecular weight is 685 g/mol. The number of esters is 1. The van der Waals surface area contributed by atoms with Gasteiger partial charge in [-0.15, -0.1) is 0 Å². The molecule has 1 N–H and O–H groups in total. The molecule has 2 fully saturated rings. The van der Waals surface area contributed by atoms with Crippen LogP contribution in [-0.2, 0) is 39.1 Å². The van der Waals surface area contributed by atoms with Gasteiger partial charge in [-0.05, 0) is 66.2 Å². The van der Waals surface area contributed by atoms with Crippen molar-refractivity contribution < 1.29 is 23.8 Å².